The van der Waals surface area contributed by atoms with Gasteiger partial charge < -0.3 is 26.8 Å². The summed E-state index contributed by atoms with van der Waals surface area (Å²) < 4.78 is 0. The Balaban J connectivity index is 5.04. The lowest BCUT2D eigenvalue weighted by Gasteiger charge is -2.26. The van der Waals surface area contributed by atoms with Crippen LogP contribution >= 0.6 is 12.6 Å². The van der Waals surface area contributed by atoms with E-state index in [-0.39, 0.29) is 17.6 Å². The minimum atomic E-state index is -1.20. The maximum absolute atomic E-state index is 12.5. The van der Waals surface area contributed by atoms with Gasteiger partial charge in [-0.05, 0) is 18.8 Å². The van der Waals surface area contributed by atoms with Crippen molar-refractivity contribution < 1.29 is 24.3 Å². The molecule has 3 amide bonds. The lowest BCUT2D eigenvalue weighted by Crippen LogP contribution is -2.59. The molecule has 0 fully saturated rings. The average Bonchev–Trinajstić information content (AvgIpc) is 2.55. The van der Waals surface area contributed by atoms with Crippen molar-refractivity contribution in [3.05, 3.63) is 0 Å². The number of carbonyl (C=O) groups is 4. The fourth-order valence-electron chi connectivity index (χ4n) is 1.92. The second-order valence-electron chi connectivity index (χ2n) is 6.81. The van der Waals surface area contributed by atoms with E-state index < -0.39 is 47.9 Å². The molecule has 0 aromatic carbocycles. The van der Waals surface area contributed by atoms with E-state index in [9.17, 15) is 19.2 Å². The zero-order valence-corrected chi connectivity index (χ0v) is 16.7. The predicted octanol–water partition coefficient (Wildman–Crippen LogP) is -0.886. The summed E-state index contributed by atoms with van der Waals surface area (Å²) in [5.74, 6) is -3.27. The molecule has 150 valence electrons. The number of carboxylic acids is 1. The maximum atomic E-state index is 12.5. The molecule has 0 spiro atoms. The van der Waals surface area contributed by atoms with Gasteiger partial charge in [-0.3, -0.25) is 19.2 Å². The second-order valence-corrected chi connectivity index (χ2v) is 7.18. The molecule has 0 bridgehead atoms. The van der Waals surface area contributed by atoms with Gasteiger partial charge in [0.15, 0.2) is 0 Å². The zero-order valence-electron chi connectivity index (χ0n) is 15.8. The number of hydrogen-bond donors (Lipinski definition) is 6. The smallest absolute Gasteiger partial charge is 0.325 e. The van der Waals surface area contributed by atoms with Crippen LogP contribution in [-0.4, -0.2) is 58.7 Å². The summed E-state index contributed by atoms with van der Waals surface area (Å²) in [6, 6.07) is -3.79. The number of amides is 3. The minimum Gasteiger partial charge on any atom is -0.480 e. The first kappa shape index (κ1) is 24.2. The van der Waals surface area contributed by atoms with Crippen molar-refractivity contribution in [1.82, 2.24) is 16.0 Å². The predicted molar refractivity (Wildman–Crippen MR) is 101 cm³/mol. The molecule has 0 aliphatic rings. The van der Waals surface area contributed by atoms with Gasteiger partial charge in [0.25, 0.3) is 0 Å². The molecular formula is C16H30N4O5S. The summed E-state index contributed by atoms with van der Waals surface area (Å²) in [6.07, 6.45) is 0. The van der Waals surface area contributed by atoms with Crippen LogP contribution in [0.25, 0.3) is 0 Å². The molecule has 6 N–H and O–H groups in total. The molecule has 0 radical (unpaired) electrons. The van der Waals surface area contributed by atoms with Crippen LogP contribution in [0.5, 0.6) is 0 Å². The molecule has 0 aliphatic heterocycles. The summed E-state index contributed by atoms with van der Waals surface area (Å²) in [6.45, 7) is 8.38. The Labute approximate surface area is 159 Å². The van der Waals surface area contributed by atoms with E-state index >= 15 is 0 Å². The highest BCUT2D eigenvalue weighted by Crippen LogP contribution is 2.06. The van der Waals surface area contributed by atoms with Gasteiger partial charge in [0.2, 0.25) is 17.7 Å². The highest BCUT2D eigenvalue weighted by Gasteiger charge is 2.30. The Morgan fingerprint density at radius 1 is 0.885 bits per heavy atom. The van der Waals surface area contributed by atoms with Crippen molar-refractivity contribution in [2.75, 3.05) is 5.75 Å². The number of aliphatic carboxylic acids is 1. The Kier molecular flexibility index (Phi) is 10.3. The lowest BCUT2D eigenvalue weighted by molar-refractivity contribution is -0.141. The molecule has 0 unspecified atom stereocenters. The van der Waals surface area contributed by atoms with Crippen molar-refractivity contribution in [3.8, 4) is 0 Å². The number of thiol groups is 1. The first-order chi connectivity index (χ1) is 11.9. The first-order valence-corrected chi connectivity index (χ1v) is 9.05. The van der Waals surface area contributed by atoms with Crippen LogP contribution in [0.1, 0.15) is 34.6 Å². The summed E-state index contributed by atoms with van der Waals surface area (Å²) >= 11 is 4.02. The van der Waals surface area contributed by atoms with Gasteiger partial charge in [0, 0.05) is 5.75 Å². The highest BCUT2D eigenvalue weighted by molar-refractivity contribution is 7.80. The Morgan fingerprint density at radius 3 is 1.81 bits per heavy atom. The minimum absolute atomic E-state index is 0.0335. The monoisotopic (exact) mass is 390 g/mol. The third-order valence-corrected chi connectivity index (χ3v) is 4.18. The number of rotatable bonds is 10. The normalized spacial score (nSPS) is 15.7. The fraction of sp³-hybridized carbons (Fsp3) is 0.750. The van der Waals surface area contributed by atoms with Gasteiger partial charge >= 0.3 is 5.97 Å². The van der Waals surface area contributed by atoms with Gasteiger partial charge in [-0.25, -0.2) is 0 Å². The first-order valence-electron chi connectivity index (χ1n) is 8.42. The van der Waals surface area contributed by atoms with Crippen LogP contribution < -0.4 is 21.7 Å². The van der Waals surface area contributed by atoms with Crippen LogP contribution in [0.2, 0.25) is 0 Å². The number of carboxylic acid groups (broad SMARTS) is 1. The Morgan fingerprint density at radius 2 is 1.42 bits per heavy atom. The molecule has 26 heavy (non-hydrogen) atoms. The van der Waals surface area contributed by atoms with Crippen molar-refractivity contribution in [2.45, 2.75) is 58.8 Å². The fourth-order valence-corrected chi connectivity index (χ4v) is 2.18. The Hall–Kier alpha value is -1.81. The molecular weight excluding hydrogens is 360 g/mol. The number of nitrogens with two attached hydrogens (primary N) is 1. The average molecular weight is 391 g/mol. The molecule has 0 aromatic heterocycles. The standard InChI is InChI=1S/C16H30N4O5S/c1-7(2)11(17)14(22)20-12(8(3)4)15(23)19-10(6-26)13(21)18-9(5)16(24)25/h7-12,26H,6,17H2,1-5H3,(H,18,21)(H,19,23)(H,20,22)(H,24,25)/t9-,10-,11-,12-/m0/s1. The van der Waals surface area contributed by atoms with Crippen LogP contribution in [0.4, 0.5) is 0 Å². The highest BCUT2D eigenvalue weighted by atomic mass is 32.1. The number of carbonyl (C=O) groups excluding carboxylic acids is 3. The zero-order chi connectivity index (χ0) is 20.6. The molecule has 0 heterocycles. The van der Waals surface area contributed by atoms with Crippen molar-refractivity contribution >= 4 is 36.3 Å². The SMILES string of the molecule is CC(C)[C@H](N)C(=O)N[C@H](C(=O)N[C@@H](CS)C(=O)N[C@@H](C)C(=O)O)C(C)C. The van der Waals surface area contributed by atoms with E-state index in [2.05, 4.69) is 28.6 Å². The molecule has 0 aliphatic carbocycles. The summed E-state index contributed by atoms with van der Waals surface area (Å²) in [5.41, 5.74) is 5.79. The van der Waals surface area contributed by atoms with Gasteiger partial charge in [-0.1, -0.05) is 27.7 Å². The topological polar surface area (TPSA) is 151 Å². The quantitative estimate of drug-likeness (QED) is 0.266. The van der Waals surface area contributed by atoms with E-state index in [1.54, 1.807) is 27.7 Å². The number of hydrogen-bond acceptors (Lipinski definition) is 6. The second kappa shape index (κ2) is 11.0. The molecule has 0 saturated carbocycles. The largest absolute Gasteiger partial charge is 0.480 e. The molecule has 0 saturated heterocycles. The van der Waals surface area contributed by atoms with Crippen molar-refractivity contribution in [2.24, 2.45) is 17.6 Å². The van der Waals surface area contributed by atoms with Gasteiger partial charge in [-0.2, -0.15) is 12.6 Å². The molecule has 0 rings (SSSR count). The lowest BCUT2D eigenvalue weighted by atomic mass is 10.00. The van der Waals surface area contributed by atoms with Crippen LogP contribution in [0, 0.1) is 11.8 Å². The third-order valence-electron chi connectivity index (χ3n) is 3.81. The van der Waals surface area contributed by atoms with E-state index in [1.165, 1.54) is 6.92 Å². The van der Waals surface area contributed by atoms with Crippen LogP contribution in [0.15, 0.2) is 0 Å². The number of nitrogens with one attached hydrogen (secondary N) is 3. The van der Waals surface area contributed by atoms with E-state index in [0.29, 0.717) is 0 Å². The van der Waals surface area contributed by atoms with Crippen molar-refractivity contribution in [3.63, 3.8) is 0 Å². The van der Waals surface area contributed by atoms with Crippen LogP contribution in [-0.2, 0) is 19.2 Å². The van der Waals surface area contributed by atoms with Crippen LogP contribution in [0.3, 0.4) is 0 Å². The maximum Gasteiger partial charge on any atom is 0.325 e. The summed E-state index contributed by atoms with van der Waals surface area (Å²) in [5, 5.41) is 16.2. The molecule has 10 heteroatoms. The molecule has 4 atom stereocenters. The Bertz CT molecular complexity index is 527. The molecule has 0 aromatic rings. The van der Waals surface area contributed by atoms with Gasteiger partial charge in [-0.15, -0.1) is 0 Å². The van der Waals surface area contributed by atoms with E-state index in [4.69, 9.17) is 10.8 Å². The summed E-state index contributed by atoms with van der Waals surface area (Å²) in [4.78, 5) is 47.6. The molecule has 9 nitrogen and oxygen atoms in total. The van der Waals surface area contributed by atoms with Gasteiger partial charge in [0.05, 0.1) is 6.04 Å². The van der Waals surface area contributed by atoms with Gasteiger partial charge in [0.1, 0.15) is 18.1 Å². The summed E-state index contributed by atoms with van der Waals surface area (Å²) in [7, 11) is 0. The van der Waals surface area contributed by atoms with E-state index in [0.717, 1.165) is 0 Å². The third kappa shape index (κ3) is 7.61. The van der Waals surface area contributed by atoms with E-state index in [1.807, 2.05) is 0 Å². The van der Waals surface area contributed by atoms with Crippen molar-refractivity contribution in [1.29, 1.82) is 0 Å².